The molecule has 0 spiro atoms. The van der Waals surface area contributed by atoms with Gasteiger partial charge in [0.2, 0.25) is 0 Å². The zero-order chi connectivity index (χ0) is 14.5. The van der Waals surface area contributed by atoms with Crippen LogP contribution in [0.25, 0.3) is 0 Å². The molecule has 104 valence electrons. The maximum atomic E-state index is 11.9. The minimum absolute atomic E-state index is 0.116. The SMILES string of the molecule is CCn1nnc(NC(=S)NC(=O)c2cccc(Br)c2)n1. The van der Waals surface area contributed by atoms with Crippen LogP contribution < -0.4 is 10.6 Å². The highest BCUT2D eigenvalue weighted by atomic mass is 79.9. The Hall–Kier alpha value is -1.87. The topological polar surface area (TPSA) is 84.7 Å². The van der Waals surface area contributed by atoms with Gasteiger partial charge in [-0.15, -0.1) is 5.10 Å². The first kappa shape index (κ1) is 14.5. The number of halogens is 1. The molecule has 2 N–H and O–H groups in total. The van der Waals surface area contributed by atoms with Crippen LogP contribution in [0, 0.1) is 0 Å². The molecule has 2 aromatic rings. The summed E-state index contributed by atoms with van der Waals surface area (Å²) in [7, 11) is 0. The van der Waals surface area contributed by atoms with Crippen molar-refractivity contribution in [1.82, 2.24) is 25.5 Å². The van der Waals surface area contributed by atoms with E-state index < -0.39 is 0 Å². The third-order valence-electron chi connectivity index (χ3n) is 2.27. The van der Waals surface area contributed by atoms with Crippen LogP contribution in [-0.4, -0.2) is 31.2 Å². The monoisotopic (exact) mass is 354 g/mol. The highest BCUT2D eigenvalue weighted by molar-refractivity contribution is 9.10. The molecule has 0 aliphatic carbocycles. The molecule has 0 aliphatic rings. The average molecular weight is 355 g/mol. The van der Waals surface area contributed by atoms with Gasteiger partial charge in [0.15, 0.2) is 5.11 Å². The third kappa shape index (κ3) is 3.81. The first-order valence-corrected chi connectivity index (χ1v) is 6.94. The molecule has 0 unspecified atom stereocenters. The van der Waals surface area contributed by atoms with E-state index in [0.717, 1.165) is 4.47 Å². The quantitative estimate of drug-likeness (QED) is 0.814. The van der Waals surface area contributed by atoms with Gasteiger partial charge in [-0.2, -0.15) is 4.80 Å². The number of rotatable bonds is 3. The van der Waals surface area contributed by atoms with Crippen molar-refractivity contribution in [3.05, 3.63) is 34.3 Å². The van der Waals surface area contributed by atoms with Crippen LogP contribution in [0.3, 0.4) is 0 Å². The van der Waals surface area contributed by atoms with Gasteiger partial charge in [0.1, 0.15) is 0 Å². The lowest BCUT2D eigenvalue weighted by molar-refractivity contribution is 0.0977. The Kier molecular flexibility index (Phi) is 4.74. The van der Waals surface area contributed by atoms with Gasteiger partial charge in [0.05, 0.1) is 6.54 Å². The van der Waals surface area contributed by atoms with E-state index in [1.165, 1.54) is 4.80 Å². The molecule has 9 heteroatoms. The number of hydrogen-bond donors (Lipinski definition) is 2. The van der Waals surface area contributed by atoms with Gasteiger partial charge in [-0.1, -0.05) is 27.1 Å². The van der Waals surface area contributed by atoms with Crippen LogP contribution in [0.15, 0.2) is 28.7 Å². The number of aromatic nitrogens is 4. The van der Waals surface area contributed by atoms with Crippen LogP contribution in [0.5, 0.6) is 0 Å². The summed E-state index contributed by atoms with van der Waals surface area (Å²) in [4.78, 5) is 13.3. The standard InChI is InChI=1S/C11H11BrN6OS/c1-2-18-16-10(15-17-18)14-11(20)13-9(19)7-4-3-5-8(12)6-7/h3-6H,2H2,1H3,(H2,13,14,16,19,20). The van der Waals surface area contributed by atoms with Crippen molar-refractivity contribution >= 4 is 45.1 Å². The molecule has 0 atom stereocenters. The molecular weight excluding hydrogens is 344 g/mol. The zero-order valence-corrected chi connectivity index (χ0v) is 12.9. The Morgan fingerprint density at radius 3 is 2.95 bits per heavy atom. The molecule has 20 heavy (non-hydrogen) atoms. The second-order valence-corrected chi connectivity index (χ2v) is 5.04. The molecule has 0 aliphatic heterocycles. The first-order valence-electron chi connectivity index (χ1n) is 5.74. The molecule has 0 saturated carbocycles. The van der Waals surface area contributed by atoms with Crippen molar-refractivity contribution in [3.63, 3.8) is 0 Å². The van der Waals surface area contributed by atoms with Crippen LogP contribution >= 0.6 is 28.1 Å². The maximum absolute atomic E-state index is 11.9. The summed E-state index contributed by atoms with van der Waals surface area (Å²) in [6, 6.07) is 6.99. The number of anilines is 1. The van der Waals surface area contributed by atoms with Gasteiger partial charge in [-0.05, 0) is 42.6 Å². The second-order valence-electron chi connectivity index (χ2n) is 3.72. The van der Waals surface area contributed by atoms with Gasteiger partial charge >= 0.3 is 0 Å². The number of carbonyl (C=O) groups excluding carboxylic acids is 1. The van der Waals surface area contributed by atoms with Gasteiger partial charge < -0.3 is 0 Å². The Labute approximate surface area is 128 Å². The lowest BCUT2D eigenvalue weighted by Gasteiger charge is -2.06. The van der Waals surface area contributed by atoms with Crippen LogP contribution in [-0.2, 0) is 6.54 Å². The maximum Gasteiger partial charge on any atom is 0.269 e. The summed E-state index contributed by atoms with van der Waals surface area (Å²) in [6.45, 7) is 2.49. The van der Waals surface area contributed by atoms with Crippen LogP contribution in [0.1, 0.15) is 17.3 Å². The highest BCUT2D eigenvalue weighted by Gasteiger charge is 2.10. The Morgan fingerprint density at radius 2 is 2.30 bits per heavy atom. The summed E-state index contributed by atoms with van der Waals surface area (Å²) >= 11 is 8.32. The van der Waals surface area contributed by atoms with Crippen molar-refractivity contribution in [2.45, 2.75) is 13.5 Å². The van der Waals surface area contributed by atoms with Gasteiger partial charge in [-0.3, -0.25) is 15.4 Å². The minimum Gasteiger partial charge on any atom is -0.299 e. The van der Waals surface area contributed by atoms with Crippen LogP contribution in [0.2, 0.25) is 0 Å². The molecular formula is C11H11BrN6OS. The van der Waals surface area contributed by atoms with Crippen molar-refractivity contribution in [3.8, 4) is 0 Å². The number of aryl methyl sites for hydroxylation is 1. The molecule has 7 nitrogen and oxygen atoms in total. The van der Waals surface area contributed by atoms with E-state index >= 15 is 0 Å². The average Bonchev–Trinajstić information content (AvgIpc) is 2.86. The predicted octanol–water partition coefficient (Wildman–Crippen LogP) is 1.58. The fraction of sp³-hybridized carbons (Fsp3) is 0.182. The molecule has 1 amide bonds. The Morgan fingerprint density at radius 1 is 1.50 bits per heavy atom. The number of hydrogen-bond acceptors (Lipinski definition) is 5. The minimum atomic E-state index is -0.313. The molecule has 2 rings (SSSR count). The third-order valence-corrected chi connectivity index (χ3v) is 2.97. The number of benzene rings is 1. The molecule has 0 fully saturated rings. The Balaban J connectivity index is 1.95. The van der Waals surface area contributed by atoms with E-state index in [1.807, 2.05) is 13.0 Å². The lowest BCUT2D eigenvalue weighted by Crippen LogP contribution is -2.34. The molecule has 1 aromatic carbocycles. The normalized spacial score (nSPS) is 10.1. The smallest absolute Gasteiger partial charge is 0.269 e. The largest absolute Gasteiger partial charge is 0.299 e. The molecule has 0 bridgehead atoms. The predicted molar refractivity (Wildman–Crippen MR) is 81.3 cm³/mol. The van der Waals surface area contributed by atoms with E-state index in [2.05, 4.69) is 42.0 Å². The van der Waals surface area contributed by atoms with E-state index in [9.17, 15) is 4.79 Å². The zero-order valence-electron chi connectivity index (χ0n) is 10.5. The van der Waals surface area contributed by atoms with E-state index in [-0.39, 0.29) is 17.0 Å². The first-order chi connectivity index (χ1) is 9.58. The lowest BCUT2D eigenvalue weighted by atomic mass is 10.2. The summed E-state index contributed by atoms with van der Waals surface area (Å²) in [6.07, 6.45) is 0. The van der Waals surface area contributed by atoms with Gasteiger partial charge in [0, 0.05) is 10.0 Å². The van der Waals surface area contributed by atoms with Gasteiger partial charge in [0.25, 0.3) is 11.9 Å². The summed E-state index contributed by atoms with van der Waals surface area (Å²) in [5.41, 5.74) is 0.494. The molecule has 1 aromatic heterocycles. The van der Waals surface area contributed by atoms with Gasteiger partial charge in [-0.25, -0.2) is 0 Å². The van der Waals surface area contributed by atoms with E-state index in [4.69, 9.17) is 12.2 Å². The summed E-state index contributed by atoms with van der Waals surface area (Å²) in [5.74, 6) is -0.0712. The van der Waals surface area contributed by atoms with Crippen molar-refractivity contribution < 1.29 is 4.79 Å². The molecule has 0 radical (unpaired) electrons. The summed E-state index contributed by atoms with van der Waals surface area (Å²) < 4.78 is 0.816. The Bertz CT molecular complexity index is 643. The number of nitrogens with zero attached hydrogens (tertiary/aromatic N) is 4. The number of carbonyl (C=O) groups is 1. The van der Waals surface area contributed by atoms with Crippen molar-refractivity contribution in [1.29, 1.82) is 0 Å². The summed E-state index contributed by atoms with van der Waals surface area (Å²) in [5, 5.41) is 16.9. The molecule has 0 saturated heterocycles. The number of amides is 1. The number of tetrazole rings is 1. The number of thiocarbonyl (C=S) groups is 1. The molecule has 1 heterocycles. The fourth-order valence-electron chi connectivity index (χ4n) is 1.37. The fourth-order valence-corrected chi connectivity index (χ4v) is 1.95. The van der Waals surface area contributed by atoms with E-state index in [1.54, 1.807) is 18.2 Å². The highest BCUT2D eigenvalue weighted by Crippen LogP contribution is 2.11. The second kappa shape index (κ2) is 6.53. The van der Waals surface area contributed by atoms with Crippen molar-refractivity contribution in [2.75, 3.05) is 5.32 Å². The number of nitrogens with one attached hydrogen (secondary N) is 2. The van der Waals surface area contributed by atoms with Crippen molar-refractivity contribution in [2.24, 2.45) is 0 Å². The van der Waals surface area contributed by atoms with Crippen LogP contribution in [0.4, 0.5) is 5.95 Å². The van der Waals surface area contributed by atoms with E-state index in [0.29, 0.717) is 12.1 Å².